The van der Waals surface area contributed by atoms with Crippen molar-refractivity contribution in [2.45, 2.75) is 38.6 Å². The molecule has 1 aromatic carbocycles. The van der Waals surface area contributed by atoms with Crippen LogP contribution in [0.15, 0.2) is 24.3 Å². The number of nitrogens with zero attached hydrogens (tertiary/aromatic N) is 2. The van der Waals surface area contributed by atoms with E-state index in [9.17, 15) is 4.39 Å². The van der Waals surface area contributed by atoms with Crippen LogP contribution in [0.2, 0.25) is 0 Å². The lowest BCUT2D eigenvalue weighted by molar-refractivity contribution is 0.183. The lowest BCUT2D eigenvalue weighted by atomic mass is 10.0. The molecule has 20 heavy (non-hydrogen) atoms. The van der Waals surface area contributed by atoms with Crippen LogP contribution in [0, 0.1) is 11.7 Å². The van der Waals surface area contributed by atoms with Crippen molar-refractivity contribution in [1.29, 1.82) is 0 Å². The number of benzene rings is 1. The fourth-order valence-corrected chi connectivity index (χ4v) is 3.77. The van der Waals surface area contributed by atoms with Gasteiger partial charge in [-0.15, -0.1) is 0 Å². The fourth-order valence-electron chi connectivity index (χ4n) is 3.77. The van der Waals surface area contributed by atoms with Crippen molar-refractivity contribution in [3.63, 3.8) is 0 Å². The molecule has 1 saturated heterocycles. The van der Waals surface area contributed by atoms with Crippen molar-refractivity contribution < 1.29 is 4.39 Å². The van der Waals surface area contributed by atoms with Crippen LogP contribution in [0.25, 0.3) is 0 Å². The Morgan fingerprint density at radius 1 is 1.15 bits per heavy atom. The Bertz CT molecular complexity index is 440. The van der Waals surface area contributed by atoms with Gasteiger partial charge in [-0.2, -0.15) is 0 Å². The van der Waals surface area contributed by atoms with Gasteiger partial charge in [0, 0.05) is 37.9 Å². The van der Waals surface area contributed by atoms with Gasteiger partial charge in [0.1, 0.15) is 5.82 Å². The van der Waals surface area contributed by atoms with Crippen molar-refractivity contribution in [3.8, 4) is 0 Å². The fraction of sp³-hybridized carbons (Fsp3) is 0.647. The van der Waals surface area contributed by atoms with E-state index in [-0.39, 0.29) is 5.82 Å². The smallest absolute Gasteiger partial charge is 0.125 e. The highest BCUT2D eigenvalue weighted by molar-refractivity contribution is 5.46. The second kappa shape index (κ2) is 6.13. The summed E-state index contributed by atoms with van der Waals surface area (Å²) < 4.78 is 13.3. The SMILES string of the molecule is CCC1CCC(N2CCN(c3cccc(F)c3)CC2)C1. The summed E-state index contributed by atoms with van der Waals surface area (Å²) in [6, 6.07) is 7.79. The average molecular weight is 276 g/mol. The molecule has 3 heteroatoms. The zero-order chi connectivity index (χ0) is 13.9. The van der Waals surface area contributed by atoms with Gasteiger partial charge in [-0.3, -0.25) is 4.90 Å². The molecule has 0 aromatic heterocycles. The number of piperazine rings is 1. The summed E-state index contributed by atoms with van der Waals surface area (Å²) in [5.74, 6) is 0.813. The van der Waals surface area contributed by atoms with Crippen LogP contribution in [0.3, 0.4) is 0 Å². The minimum absolute atomic E-state index is 0.133. The van der Waals surface area contributed by atoms with Crippen LogP contribution in [0.5, 0.6) is 0 Å². The van der Waals surface area contributed by atoms with Gasteiger partial charge in [-0.05, 0) is 43.4 Å². The van der Waals surface area contributed by atoms with Gasteiger partial charge < -0.3 is 4.90 Å². The highest BCUT2D eigenvalue weighted by atomic mass is 19.1. The van der Waals surface area contributed by atoms with Crippen LogP contribution in [0.4, 0.5) is 10.1 Å². The molecule has 0 radical (unpaired) electrons. The summed E-state index contributed by atoms with van der Waals surface area (Å²) in [6.45, 7) is 6.61. The highest BCUT2D eigenvalue weighted by Gasteiger charge is 2.30. The van der Waals surface area contributed by atoms with Crippen LogP contribution in [-0.2, 0) is 0 Å². The van der Waals surface area contributed by atoms with E-state index in [2.05, 4.69) is 16.7 Å². The predicted molar refractivity (Wildman–Crippen MR) is 81.6 cm³/mol. The van der Waals surface area contributed by atoms with Gasteiger partial charge in [0.25, 0.3) is 0 Å². The first kappa shape index (κ1) is 13.9. The third kappa shape index (κ3) is 2.98. The zero-order valence-corrected chi connectivity index (χ0v) is 12.4. The van der Waals surface area contributed by atoms with E-state index in [4.69, 9.17) is 0 Å². The number of anilines is 1. The lowest BCUT2D eigenvalue weighted by Crippen LogP contribution is -2.49. The summed E-state index contributed by atoms with van der Waals surface area (Å²) >= 11 is 0. The Kier molecular flexibility index (Phi) is 4.25. The molecule has 0 amide bonds. The molecule has 110 valence electrons. The summed E-state index contributed by atoms with van der Waals surface area (Å²) in [5, 5.41) is 0. The molecule has 3 rings (SSSR count). The Balaban J connectivity index is 1.55. The van der Waals surface area contributed by atoms with Gasteiger partial charge in [0.05, 0.1) is 0 Å². The van der Waals surface area contributed by atoms with E-state index in [0.717, 1.165) is 43.8 Å². The zero-order valence-electron chi connectivity index (χ0n) is 12.4. The molecule has 2 fully saturated rings. The Morgan fingerprint density at radius 3 is 2.60 bits per heavy atom. The normalized spacial score (nSPS) is 28.0. The maximum Gasteiger partial charge on any atom is 0.125 e. The molecule has 1 saturated carbocycles. The quantitative estimate of drug-likeness (QED) is 0.833. The summed E-state index contributed by atoms with van der Waals surface area (Å²) in [5.41, 5.74) is 1.03. The van der Waals surface area contributed by atoms with E-state index in [1.54, 1.807) is 12.1 Å². The molecule has 1 heterocycles. The highest BCUT2D eigenvalue weighted by Crippen LogP contribution is 2.32. The monoisotopic (exact) mass is 276 g/mol. The number of hydrogen-bond donors (Lipinski definition) is 0. The number of hydrogen-bond acceptors (Lipinski definition) is 2. The third-order valence-electron chi connectivity index (χ3n) is 5.09. The maximum absolute atomic E-state index is 13.3. The molecule has 2 unspecified atom stereocenters. The van der Waals surface area contributed by atoms with Crippen LogP contribution >= 0.6 is 0 Å². The van der Waals surface area contributed by atoms with Crippen molar-refractivity contribution in [2.75, 3.05) is 31.1 Å². The van der Waals surface area contributed by atoms with Crippen molar-refractivity contribution in [1.82, 2.24) is 4.90 Å². The molecule has 0 bridgehead atoms. The Morgan fingerprint density at radius 2 is 1.95 bits per heavy atom. The van der Waals surface area contributed by atoms with Gasteiger partial charge in [-0.1, -0.05) is 19.4 Å². The van der Waals surface area contributed by atoms with E-state index < -0.39 is 0 Å². The second-order valence-electron chi connectivity index (χ2n) is 6.24. The molecular formula is C17H25FN2. The molecule has 0 spiro atoms. The second-order valence-corrected chi connectivity index (χ2v) is 6.24. The lowest BCUT2D eigenvalue weighted by Gasteiger charge is -2.39. The van der Waals surface area contributed by atoms with E-state index >= 15 is 0 Å². The molecule has 2 atom stereocenters. The first-order chi connectivity index (χ1) is 9.76. The molecule has 1 aliphatic heterocycles. The van der Waals surface area contributed by atoms with Crippen molar-refractivity contribution in [3.05, 3.63) is 30.1 Å². The van der Waals surface area contributed by atoms with E-state index in [0.29, 0.717) is 0 Å². The molecule has 2 nitrogen and oxygen atoms in total. The van der Waals surface area contributed by atoms with Gasteiger partial charge in [0.15, 0.2) is 0 Å². The summed E-state index contributed by atoms with van der Waals surface area (Å²) in [6.07, 6.45) is 5.50. The minimum atomic E-state index is -0.133. The summed E-state index contributed by atoms with van der Waals surface area (Å²) in [4.78, 5) is 4.97. The Hall–Kier alpha value is -1.09. The first-order valence-corrected chi connectivity index (χ1v) is 8.01. The van der Waals surface area contributed by atoms with Crippen molar-refractivity contribution >= 4 is 5.69 Å². The molecular weight excluding hydrogens is 251 g/mol. The number of halogens is 1. The Labute approximate surface area is 121 Å². The first-order valence-electron chi connectivity index (χ1n) is 8.01. The van der Waals surface area contributed by atoms with Crippen molar-refractivity contribution in [2.24, 2.45) is 5.92 Å². The van der Waals surface area contributed by atoms with Crippen LogP contribution in [0.1, 0.15) is 32.6 Å². The maximum atomic E-state index is 13.3. The topological polar surface area (TPSA) is 6.48 Å². The number of rotatable bonds is 3. The van der Waals surface area contributed by atoms with E-state index in [1.807, 2.05) is 6.07 Å². The largest absolute Gasteiger partial charge is 0.369 e. The average Bonchev–Trinajstić information content (AvgIpc) is 2.96. The summed E-state index contributed by atoms with van der Waals surface area (Å²) in [7, 11) is 0. The van der Waals surface area contributed by atoms with Crippen LogP contribution in [-0.4, -0.2) is 37.1 Å². The predicted octanol–water partition coefficient (Wildman–Crippen LogP) is 3.53. The molecule has 1 aliphatic carbocycles. The van der Waals surface area contributed by atoms with Gasteiger partial charge in [-0.25, -0.2) is 4.39 Å². The molecule has 0 N–H and O–H groups in total. The van der Waals surface area contributed by atoms with Gasteiger partial charge >= 0.3 is 0 Å². The third-order valence-corrected chi connectivity index (χ3v) is 5.09. The van der Waals surface area contributed by atoms with Gasteiger partial charge in [0.2, 0.25) is 0 Å². The minimum Gasteiger partial charge on any atom is -0.369 e. The molecule has 2 aliphatic rings. The standard InChI is InChI=1S/C17H25FN2/c1-2-14-6-7-17(12-14)20-10-8-19(9-11-20)16-5-3-4-15(18)13-16/h3-5,13-14,17H,2,6-12H2,1H3. The van der Waals surface area contributed by atoms with Crippen LogP contribution < -0.4 is 4.90 Å². The van der Waals surface area contributed by atoms with E-state index in [1.165, 1.54) is 31.7 Å². The molecule has 1 aromatic rings.